The minimum Gasteiger partial charge on any atom is -0.0917 e. The topological polar surface area (TPSA) is 0 Å². The number of rotatable bonds is 26. The highest BCUT2D eigenvalue weighted by Crippen LogP contribution is 2.15. The quantitative estimate of drug-likeness (QED) is 0.0963. The minimum absolute atomic E-state index is 1.29. The fourth-order valence-electron chi connectivity index (χ4n) is 4.57. The molecule has 0 saturated carbocycles. The molecule has 0 heterocycles. The molecule has 0 aliphatic rings. The summed E-state index contributed by atoms with van der Waals surface area (Å²) in [6.45, 7) is 4.43. The van der Waals surface area contributed by atoms with Gasteiger partial charge in [-0.1, -0.05) is 173 Å². The van der Waals surface area contributed by atoms with Gasteiger partial charge in [-0.3, -0.25) is 0 Å². The zero-order valence-electron chi connectivity index (χ0n) is 21.5. The summed E-state index contributed by atoms with van der Waals surface area (Å²) < 4.78 is 0. The zero-order chi connectivity index (χ0) is 21.8. The Hall–Kier alpha value is -0.260. The average Bonchev–Trinajstić information content (AvgIpc) is 2.76. The van der Waals surface area contributed by atoms with Crippen LogP contribution in [-0.4, -0.2) is 0 Å². The molecule has 0 aliphatic heterocycles. The highest BCUT2D eigenvalue weighted by Gasteiger charge is 1.96. The Morgan fingerprint density at radius 1 is 0.333 bits per heavy atom. The Morgan fingerprint density at radius 3 is 0.800 bits per heavy atom. The molecule has 180 valence electrons. The lowest BCUT2D eigenvalue weighted by atomic mass is 10.0. The molecule has 0 aromatic carbocycles. The molecule has 0 radical (unpaired) electrons. The molecule has 0 rings (SSSR count). The maximum absolute atomic E-state index is 2.30. The first kappa shape index (κ1) is 29.7. The standard InChI is InChI=1S/C30H60/c1-3-5-7-9-11-13-15-17-19-21-23-25-27-29-30-28-26-24-22-20-18-16-14-12-10-8-6-4-2/h3,5H,4,6-30H2,1-2H3/b5-3+. The lowest BCUT2D eigenvalue weighted by Crippen LogP contribution is -1.84. The third-order valence-electron chi connectivity index (χ3n) is 6.71. The Labute approximate surface area is 193 Å². The lowest BCUT2D eigenvalue weighted by Gasteiger charge is -2.04. The largest absolute Gasteiger partial charge is 0.0917 e. The Morgan fingerprint density at radius 2 is 0.567 bits per heavy atom. The number of hydrogen-bond acceptors (Lipinski definition) is 0. The van der Waals surface area contributed by atoms with Crippen LogP contribution in [0.4, 0.5) is 0 Å². The summed E-state index contributed by atoms with van der Waals surface area (Å²) in [6.07, 6.45) is 42.6. The molecule has 0 heteroatoms. The second-order valence-electron chi connectivity index (χ2n) is 9.84. The van der Waals surface area contributed by atoms with Crippen LogP contribution >= 0.6 is 0 Å². The second kappa shape index (κ2) is 28.7. The van der Waals surface area contributed by atoms with Crippen LogP contribution in [0.5, 0.6) is 0 Å². The van der Waals surface area contributed by atoms with E-state index in [-0.39, 0.29) is 0 Å². The maximum atomic E-state index is 2.30. The maximum Gasteiger partial charge on any atom is -0.0351 e. The van der Waals surface area contributed by atoms with E-state index in [9.17, 15) is 0 Å². The van der Waals surface area contributed by atoms with E-state index in [0.717, 1.165) is 0 Å². The van der Waals surface area contributed by atoms with E-state index in [2.05, 4.69) is 26.0 Å². The molecule has 0 fully saturated rings. The monoisotopic (exact) mass is 420 g/mol. The molecule has 0 N–H and O–H groups in total. The SMILES string of the molecule is C/C=C/CCCCCCCCCCCCCCCCCCCCCCCCCCC. The van der Waals surface area contributed by atoms with Gasteiger partial charge in [-0.05, 0) is 19.8 Å². The van der Waals surface area contributed by atoms with E-state index in [0.29, 0.717) is 0 Å². The summed E-state index contributed by atoms with van der Waals surface area (Å²) in [5.74, 6) is 0. The van der Waals surface area contributed by atoms with Crippen molar-refractivity contribution >= 4 is 0 Å². The Balaban J connectivity index is 2.99. The highest BCUT2D eigenvalue weighted by atomic mass is 14.0. The van der Waals surface area contributed by atoms with Crippen molar-refractivity contribution in [2.24, 2.45) is 0 Å². The van der Waals surface area contributed by atoms with Crippen LogP contribution in [0.25, 0.3) is 0 Å². The Bertz CT molecular complexity index is 303. The third-order valence-corrected chi connectivity index (χ3v) is 6.71. The average molecular weight is 421 g/mol. The molecule has 0 aliphatic carbocycles. The van der Waals surface area contributed by atoms with Gasteiger partial charge >= 0.3 is 0 Å². The fourth-order valence-corrected chi connectivity index (χ4v) is 4.57. The minimum atomic E-state index is 1.29. The van der Waals surface area contributed by atoms with E-state index < -0.39 is 0 Å². The van der Waals surface area contributed by atoms with E-state index >= 15 is 0 Å². The molecular weight excluding hydrogens is 360 g/mol. The molecule has 0 aromatic rings. The van der Waals surface area contributed by atoms with Gasteiger partial charge in [0.05, 0.1) is 0 Å². The summed E-state index contributed by atoms with van der Waals surface area (Å²) in [5.41, 5.74) is 0. The van der Waals surface area contributed by atoms with Crippen molar-refractivity contribution in [1.82, 2.24) is 0 Å². The molecule has 30 heavy (non-hydrogen) atoms. The van der Waals surface area contributed by atoms with Gasteiger partial charge in [-0.15, -0.1) is 0 Å². The molecule has 0 aromatic heterocycles. The zero-order valence-corrected chi connectivity index (χ0v) is 21.5. The van der Waals surface area contributed by atoms with Gasteiger partial charge in [-0.25, -0.2) is 0 Å². The molecule has 0 nitrogen and oxygen atoms in total. The second-order valence-corrected chi connectivity index (χ2v) is 9.84. The molecular formula is C30H60. The van der Waals surface area contributed by atoms with Crippen molar-refractivity contribution in [3.8, 4) is 0 Å². The first-order valence-corrected chi connectivity index (χ1v) is 14.5. The van der Waals surface area contributed by atoms with E-state index in [1.54, 1.807) is 0 Å². The number of hydrogen-bond donors (Lipinski definition) is 0. The van der Waals surface area contributed by atoms with E-state index in [4.69, 9.17) is 0 Å². The van der Waals surface area contributed by atoms with Crippen LogP contribution in [0.1, 0.15) is 181 Å². The molecule has 0 bridgehead atoms. The summed E-state index contributed by atoms with van der Waals surface area (Å²) in [6, 6.07) is 0. The van der Waals surface area contributed by atoms with Gasteiger partial charge in [0.15, 0.2) is 0 Å². The normalized spacial score (nSPS) is 11.7. The molecule has 0 amide bonds. The number of allylic oxidation sites excluding steroid dienone is 2. The molecule has 0 unspecified atom stereocenters. The first-order valence-electron chi connectivity index (χ1n) is 14.5. The summed E-state index contributed by atoms with van der Waals surface area (Å²) in [4.78, 5) is 0. The van der Waals surface area contributed by atoms with Crippen LogP contribution in [0.2, 0.25) is 0 Å². The summed E-state index contributed by atoms with van der Waals surface area (Å²) in [5, 5.41) is 0. The van der Waals surface area contributed by atoms with Crippen LogP contribution in [0.15, 0.2) is 12.2 Å². The molecule has 0 saturated heterocycles. The van der Waals surface area contributed by atoms with Crippen LogP contribution in [-0.2, 0) is 0 Å². The van der Waals surface area contributed by atoms with Gasteiger partial charge < -0.3 is 0 Å². The van der Waals surface area contributed by atoms with Crippen molar-refractivity contribution in [2.75, 3.05) is 0 Å². The fraction of sp³-hybridized carbons (Fsp3) is 0.933. The van der Waals surface area contributed by atoms with Crippen LogP contribution in [0, 0.1) is 0 Å². The van der Waals surface area contributed by atoms with Gasteiger partial charge in [0.2, 0.25) is 0 Å². The third kappa shape index (κ3) is 27.7. The molecule has 0 atom stereocenters. The van der Waals surface area contributed by atoms with Crippen molar-refractivity contribution in [3.63, 3.8) is 0 Å². The highest BCUT2D eigenvalue weighted by molar-refractivity contribution is 4.76. The van der Waals surface area contributed by atoms with Gasteiger partial charge in [0, 0.05) is 0 Å². The summed E-state index contributed by atoms with van der Waals surface area (Å²) in [7, 11) is 0. The smallest absolute Gasteiger partial charge is 0.0351 e. The van der Waals surface area contributed by atoms with Crippen molar-refractivity contribution in [3.05, 3.63) is 12.2 Å². The number of unbranched alkanes of at least 4 members (excludes halogenated alkanes) is 25. The van der Waals surface area contributed by atoms with Crippen LogP contribution < -0.4 is 0 Å². The first-order chi connectivity index (χ1) is 14.9. The van der Waals surface area contributed by atoms with Crippen LogP contribution in [0.3, 0.4) is 0 Å². The van der Waals surface area contributed by atoms with E-state index in [1.165, 1.54) is 167 Å². The van der Waals surface area contributed by atoms with Gasteiger partial charge in [-0.2, -0.15) is 0 Å². The van der Waals surface area contributed by atoms with Gasteiger partial charge in [0.25, 0.3) is 0 Å². The van der Waals surface area contributed by atoms with Crippen molar-refractivity contribution in [1.29, 1.82) is 0 Å². The predicted molar refractivity (Wildman–Crippen MR) is 141 cm³/mol. The summed E-state index contributed by atoms with van der Waals surface area (Å²) >= 11 is 0. The van der Waals surface area contributed by atoms with Crippen molar-refractivity contribution in [2.45, 2.75) is 181 Å². The van der Waals surface area contributed by atoms with Gasteiger partial charge in [0.1, 0.15) is 0 Å². The molecule has 0 spiro atoms. The predicted octanol–water partition coefficient (Wildman–Crippen LogP) is 11.7. The Kier molecular flexibility index (Phi) is 28.5. The van der Waals surface area contributed by atoms with E-state index in [1.807, 2.05) is 0 Å². The van der Waals surface area contributed by atoms with Crippen molar-refractivity contribution < 1.29 is 0 Å². The lowest BCUT2D eigenvalue weighted by molar-refractivity contribution is 0.516.